The molecule has 0 radical (unpaired) electrons. The molecule has 0 atom stereocenters. The van der Waals surface area contributed by atoms with Gasteiger partial charge in [-0.2, -0.15) is 5.26 Å². The molecular formula is C17H19F5N2O3S2. The molecule has 3 saturated carbocycles. The van der Waals surface area contributed by atoms with Gasteiger partial charge in [-0.05, 0) is 56.7 Å². The van der Waals surface area contributed by atoms with Crippen LogP contribution in [-0.4, -0.2) is 26.1 Å². The number of carbonyl (C=O) groups excluding carboxylic acids is 1. The van der Waals surface area contributed by atoms with Gasteiger partial charge in [0.2, 0.25) is 0 Å². The van der Waals surface area contributed by atoms with Crippen LogP contribution >= 0.6 is 10.2 Å². The number of nitrogens with one attached hydrogen (secondary N) is 1. The minimum absolute atomic E-state index is 0.0330. The van der Waals surface area contributed by atoms with Crippen molar-refractivity contribution in [3.63, 3.8) is 0 Å². The van der Waals surface area contributed by atoms with Crippen LogP contribution in [0.2, 0.25) is 0 Å². The van der Waals surface area contributed by atoms with Crippen molar-refractivity contribution in [2.45, 2.75) is 53.9 Å². The molecule has 1 aromatic carbocycles. The molecule has 29 heavy (non-hydrogen) atoms. The van der Waals surface area contributed by atoms with Crippen LogP contribution in [0, 0.1) is 16.7 Å². The van der Waals surface area contributed by atoms with Gasteiger partial charge in [-0.15, -0.1) is 0 Å². The van der Waals surface area contributed by atoms with E-state index in [1.807, 2.05) is 0 Å². The Morgan fingerprint density at radius 1 is 1.07 bits per heavy atom. The molecule has 0 unspecified atom stereocenters. The molecule has 1 N–H and O–H groups in total. The average molecular weight is 458 g/mol. The molecular weight excluding hydrogens is 439 g/mol. The Bertz CT molecular complexity index is 1020. The van der Waals surface area contributed by atoms with Gasteiger partial charge in [0, 0.05) is 11.8 Å². The highest BCUT2D eigenvalue weighted by Gasteiger charge is 2.65. The number of rotatable bonds is 4. The second-order valence-corrected chi connectivity index (χ2v) is 12.4. The van der Waals surface area contributed by atoms with Gasteiger partial charge in [0.15, 0.2) is 9.84 Å². The SMILES string of the molecule is CS(=O)(=O)c1cc(S(F)(F)(F)(F)F)ccc1C(=O)NC12CCC(C#N)(CC1)CC2. The second-order valence-electron chi connectivity index (χ2n) is 8.03. The lowest BCUT2D eigenvalue weighted by Gasteiger charge is -2.50. The summed E-state index contributed by atoms with van der Waals surface area (Å²) in [6, 6.07) is 2.63. The molecule has 0 aromatic heterocycles. The minimum atomic E-state index is -10.1. The van der Waals surface area contributed by atoms with Crippen LogP contribution in [0.3, 0.4) is 0 Å². The standard InChI is InChI=1S/C17H19F5N2O3S2/c1-28(26,27)14-10-12(29(18,19,20,21)22)2-3-13(14)15(25)24-17-7-4-16(11-23,5-8-17)6-9-17/h2-3,10H,4-9H2,1H3,(H,24,25). The summed E-state index contributed by atoms with van der Waals surface area (Å²) >= 11 is 0. The van der Waals surface area contributed by atoms with Crippen LogP contribution in [0.5, 0.6) is 0 Å². The van der Waals surface area contributed by atoms with Crippen molar-refractivity contribution in [3.05, 3.63) is 23.8 Å². The van der Waals surface area contributed by atoms with Crippen LogP contribution in [0.1, 0.15) is 48.9 Å². The van der Waals surface area contributed by atoms with Crippen LogP contribution in [0.25, 0.3) is 0 Å². The number of hydrogen-bond acceptors (Lipinski definition) is 4. The number of halogens is 5. The number of carbonyl (C=O) groups is 1. The fraction of sp³-hybridized carbons (Fsp3) is 0.529. The molecule has 162 valence electrons. The quantitative estimate of drug-likeness (QED) is 0.637. The Hall–Kier alpha value is -1.87. The fourth-order valence-electron chi connectivity index (χ4n) is 4.09. The van der Waals surface area contributed by atoms with Crippen molar-refractivity contribution in [1.82, 2.24) is 5.32 Å². The molecule has 1 aromatic rings. The first-order valence-electron chi connectivity index (χ1n) is 8.71. The zero-order valence-corrected chi connectivity index (χ0v) is 17.0. The van der Waals surface area contributed by atoms with E-state index in [1.165, 1.54) is 0 Å². The van der Waals surface area contributed by atoms with Gasteiger partial charge in [0.1, 0.15) is 4.90 Å². The van der Waals surface area contributed by atoms with E-state index in [0.29, 0.717) is 50.8 Å². The molecule has 0 spiro atoms. The zero-order valence-electron chi connectivity index (χ0n) is 15.4. The molecule has 12 heteroatoms. The van der Waals surface area contributed by atoms with E-state index < -0.39 is 52.3 Å². The van der Waals surface area contributed by atoms with Crippen molar-refractivity contribution < 1.29 is 32.6 Å². The number of benzene rings is 1. The molecule has 3 aliphatic carbocycles. The summed E-state index contributed by atoms with van der Waals surface area (Å²) in [5.41, 5.74) is -1.74. The monoisotopic (exact) mass is 458 g/mol. The average Bonchev–Trinajstić information content (AvgIpc) is 2.60. The van der Waals surface area contributed by atoms with E-state index >= 15 is 0 Å². The zero-order chi connectivity index (χ0) is 22.0. The van der Waals surface area contributed by atoms with E-state index in [1.54, 1.807) is 0 Å². The summed E-state index contributed by atoms with van der Waals surface area (Å²) in [5, 5.41) is 12.0. The Morgan fingerprint density at radius 2 is 1.59 bits per heavy atom. The van der Waals surface area contributed by atoms with Gasteiger partial charge in [0.25, 0.3) is 5.91 Å². The van der Waals surface area contributed by atoms with Crippen LogP contribution in [0.4, 0.5) is 19.4 Å². The molecule has 2 bridgehead atoms. The Kier molecular flexibility index (Phi) is 4.24. The fourth-order valence-corrected chi connectivity index (χ4v) is 5.73. The smallest absolute Gasteiger partial charge is 0.310 e. The normalized spacial score (nSPS) is 29.4. The van der Waals surface area contributed by atoms with E-state index in [2.05, 4.69) is 11.4 Å². The molecule has 3 aliphatic rings. The lowest BCUT2D eigenvalue weighted by Crippen LogP contribution is -2.56. The third kappa shape index (κ3) is 4.21. The maximum absolute atomic E-state index is 13.1. The first kappa shape index (κ1) is 21.8. The summed E-state index contributed by atoms with van der Waals surface area (Å²) < 4.78 is 89.4. The molecule has 5 nitrogen and oxygen atoms in total. The number of nitriles is 1. The van der Waals surface area contributed by atoms with E-state index in [0.717, 1.165) is 0 Å². The summed E-state index contributed by atoms with van der Waals surface area (Å²) in [6.07, 6.45) is 3.62. The molecule has 0 aliphatic heterocycles. The summed E-state index contributed by atoms with van der Waals surface area (Å²) in [4.78, 5) is 9.26. The molecule has 4 rings (SSSR count). The van der Waals surface area contributed by atoms with Gasteiger partial charge < -0.3 is 5.32 Å². The number of hydrogen-bond donors (Lipinski definition) is 1. The van der Waals surface area contributed by atoms with Gasteiger partial charge in [0.05, 0.1) is 21.9 Å². The van der Waals surface area contributed by atoms with E-state index in [4.69, 9.17) is 0 Å². The molecule has 0 saturated heterocycles. The number of amides is 1. The lowest BCUT2D eigenvalue weighted by molar-refractivity contribution is 0.0519. The maximum Gasteiger partial charge on any atom is 0.310 e. The minimum Gasteiger partial charge on any atom is -0.347 e. The number of fused-ring (bicyclic) bond motifs is 3. The highest BCUT2D eigenvalue weighted by Crippen LogP contribution is 3.02. The largest absolute Gasteiger partial charge is 0.347 e. The predicted octanol–water partition coefficient (Wildman–Crippen LogP) is 5.09. The van der Waals surface area contributed by atoms with Gasteiger partial charge in [-0.25, -0.2) is 8.42 Å². The first-order valence-corrected chi connectivity index (χ1v) is 12.6. The van der Waals surface area contributed by atoms with Crippen LogP contribution in [0.15, 0.2) is 28.0 Å². The molecule has 0 heterocycles. The van der Waals surface area contributed by atoms with Gasteiger partial charge >= 0.3 is 10.2 Å². The van der Waals surface area contributed by atoms with Crippen molar-refractivity contribution in [3.8, 4) is 6.07 Å². The maximum atomic E-state index is 13.1. The highest BCUT2D eigenvalue weighted by atomic mass is 32.5. The van der Waals surface area contributed by atoms with Crippen LogP contribution in [-0.2, 0) is 9.84 Å². The van der Waals surface area contributed by atoms with Crippen molar-refractivity contribution >= 4 is 26.0 Å². The number of sulfone groups is 1. The summed E-state index contributed by atoms with van der Waals surface area (Å²) in [6.45, 7) is 0. The van der Waals surface area contributed by atoms with E-state index in [-0.39, 0.29) is 12.1 Å². The van der Waals surface area contributed by atoms with Gasteiger partial charge in [-0.3, -0.25) is 4.79 Å². The van der Waals surface area contributed by atoms with Crippen molar-refractivity contribution in [1.29, 1.82) is 5.26 Å². The molecule has 3 fully saturated rings. The second kappa shape index (κ2) is 5.63. The first-order chi connectivity index (χ1) is 12.9. The third-order valence-electron chi connectivity index (χ3n) is 5.90. The number of nitrogens with zero attached hydrogens (tertiary/aromatic N) is 1. The summed E-state index contributed by atoms with van der Waals surface area (Å²) in [5.74, 6) is -0.939. The van der Waals surface area contributed by atoms with Crippen LogP contribution < -0.4 is 5.32 Å². The van der Waals surface area contributed by atoms with Crippen molar-refractivity contribution in [2.24, 2.45) is 5.41 Å². The Morgan fingerprint density at radius 3 is 2.00 bits per heavy atom. The lowest BCUT2D eigenvalue weighted by atomic mass is 9.58. The third-order valence-corrected chi connectivity index (χ3v) is 8.19. The summed E-state index contributed by atoms with van der Waals surface area (Å²) in [7, 11) is -14.5. The van der Waals surface area contributed by atoms with Gasteiger partial charge in [-0.1, -0.05) is 19.4 Å². The Balaban J connectivity index is 1.97. The molecule has 1 amide bonds. The van der Waals surface area contributed by atoms with Crippen molar-refractivity contribution in [2.75, 3.05) is 6.26 Å². The topological polar surface area (TPSA) is 87.0 Å². The predicted molar refractivity (Wildman–Crippen MR) is 96.9 cm³/mol. The highest BCUT2D eigenvalue weighted by molar-refractivity contribution is 8.45. The van der Waals surface area contributed by atoms with E-state index in [9.17, 15) is 37.9 Å². The Labute approximate surface area is 164 Å².